The fraction of sp³-hybridized carbons (Fsp3) is 1.00. The summed E-state index contributed by atoms with van der Waals surface area (Å²) in [7, 11) is 6.00. The van der Waals surface area contributed by atoms with E-state index in [-0.39, 0.29) is 18.6 Å². The zero-order valence-corrected chi connectivity index (χ0v) is 24.3. The molecule has 32 heavy (non-hydrogen) atoms. The Bertz CT molecular complexity index is 245. The third-order valence-corrected chi connectivity index (χ3v) is 5.96. The molecule has 3 N–H and O–H groups in total. The Morgan fingerprint density at radius 3 is 0.500 bits per heavy atom. The first-order chi connectivity index (χ1) is 14.6. The molecule has 0 heterocycles. The third kappa shape index (κ3) is 47.8. The van der Waals surface area contributed by atoms with Gasteiger partial charge in [0.2, 0.25) is 0 Å². The molecule has 0 aliphatic heterocycles. The molecule has 200 valence electrons. The van der Waals surface area contributed by atoms with Crippen LogP contribution in [-0.4, -0.2) is 26.0 Å². The van der Waals surface area contributed by atoms with Gasteiger partial charge in [-0.25, -0.2) is 0 Å². The Morgan fingerprint density at radius 2 is 0.406 bits per heavy atom. The molecule has 0 radical (unpaired) electrons. The van der Waals surface area contributed by atoms with Gasteiger partial charge in [0.25, 0.3) is 0 Å². The maximum atomic E-state index is 2.30. The highest BCUT2D eigenvalue weighted by molar-refractivity contribution is 5.85. The lowest BCUT2D eigenvalue weighted by molar-refractivity contribution is 0.505. The summed E-state index contributed by atoms with van der Waals surface area (Å²) in [4.78, 5) is 2.00. The minimum Gasteiger partial charge on any atom is -0.344 e. The van der Waals surface area contributed by atoms with E-state index in [1.165, 1.54) is 154 Å². The summed E-state index contributed by atoms with van der Waals surface area (Å²) in [6, 6.07) is 0. The zero-order chi connectivity index (χ0) is 22.5. The molecule has 3 heteroatoms. The van der Waals surface area contributed by atoms with Crippen molar-refractivity contribution < 1.29 is 0 Å². The highest BCUT2D eigenvalue weighted by atomic mass is 35.5. The third-order valence-electron chi connectivity index (χ3n) is 5.96. The monoisotopic (exact) mass is 478 g/mol. The summed E-state index contributed by atoms with van der Waals surface area (Å²) in [5.74, 6) is 0. The van der Waals surface area contributed by atoms with Crippen LogP contribution in [0.25, 0.3) is 0 Å². The molecule has 0 saturated heterocycles. The highest BCUT2D eigenvalue weighted by Crippen LogP contribution is 2.15. The van der Waals surface area contributed by atoms with Crippen LogP contribution in [0.1, 0.15) is 168 Å². The van der Waals surface area contributed by atoms with Crippen LogP contribution in [0, 0.1) is 0 Å². The Labute approximate surface area is 212 Å². The lowest BCUT2D eigenvalue weighted by Gasteiger charge is -2.04. The Morgan fingerprint density at radius 1 is 0.312 bits per heavy atom. The number of rotatable bonds is 23. The first-order valence-electron chi connectivity index (χ1n) is 14.3. The molecule has 0 amide bonds. The van der Waals surface area contributed by atoms with Crippen molar-refractivity contribution in [2.45, 2.75) is 168 Å². The number of nitrogens with zero attached hydrogens (tertiary/aromatic N) is 1. The van der Waals surface area contributed by atoms with Crippen LogP contribution < -0.4 is 6.15 Å². The molecule has 0 spiro atoms. The van der Waals surface area contributed by atoms with Crippen molar-refractivity contribution in [2.75, 3.05) is 21.1 Å². The molecule has 0 rings (SSSR count). The van der Waals surface area contributed by atoms with E-state index >= 15 is 0 Å². The van der Waals surface area contributed by atoms with Crippen LogP contribution in [0.15, 0.2) is 0 Å². The molecule has 0 aromatic rings. The van der Waals surface area contributed by atoms with E-state index in [9.17, 15) is 0 Å². The lowest BCUT2D eigenvalue weighted by Crippen LogP contribution is -1.99. The van der Waals surface area contributed by atoms with Crippen molar-refractivity contribution in [3.05, 3.63) is 0 Å². The molecule has 0 aliphatic carbocycles. The maximum Gasteiger partial charge on any atom is -0.0140 e. The summed E-state index contributed by atoms with van der Waals surface area (Å²) >= 11 is 0. The van der Waals surface area contributed by atoms with Crippen molar-refractivity contribution in [1.29, 1.82) is 0 Å². The highest BCUT2D eigenvalue weighted by Gasteiger charge is 1.95. The van der Waals surface area contributed by atoms with Gasteiger partial charge in [0.1, 0.15) is 0 Å². The van der Waals surface area contributed by atoms with Gasteiger partial charge < -0.3 is 11.1 Å². The van der Waals surface area contributed by atoms with Gasteiger partial charge >= 0.3 is 0 Å². The van der Waals surface area contributed by atoms with Crippen molar-refractivity contribution >= 4 is 12.4 Å². The van der Waals surface area contributed by atoms with Gasteiger partial charge in [-0.1, -0.05) is 168 Å². The second-order valence-corrected chi connectivity index (χ2v) is 10.1. The summed E-state index contributed by atoms with van der Waals surface area (Å²) in [6.07, 6.45) is 35.4. The zero-order valence-electron chi connectivity index (χ0n) is 23.5. The minimum atomic E-state index is 0. The quantitative estimate of drug-likeness (QED) is 0.148. The van der Waals surface area contributed by atoms with E-state index in [0.717, 1.165) is 0 Å². The predicted octanol–water partition coefficient (Wildman–Crippen LogP) is 11.2. The van der Waals surface area contributed by atoms with Gasteiger partial charge in [0, 0.05) is 0 Å². The van der Waals surface area contributed by atoms with E-state index in [0.29, 0.717) is 0 Å². The standard InChI is InChI=1S/C26H54.C3H9N.ClH.H3N/c1-3-5-7-9-11-13-15-17-19-21-23-25-26-24-22-20-18-16-14-12-10-8-6-4-2;1-4(2)3;;/h3-26H2,1-2H3;1-3H3;1H;1H3. The van der Waals surface area contributed by atoms with Crippen LogP contribution in [0.4, 0.5) is 0 Å². The first kappa shape index (κ1) is 39.4. The SMILES string of the molecule is CCCCCCCCCCCCCCCCCCCCCCCCCC.CN(C)C.Cl.N. The lowest BCUT2D eigenvalue weighted by atomic mass is 10.0. The van der Waals surface area contributed by atoms with E-state index in [4.69, 9.17) is 0 Å². The van der Waals surface area contributed by atoms with Gasteiger partial charge in [-0.2, -0.15) is 0 Å². The van der Waals surface area contributed by atoms with Gasteiger partial charge in [0.05, 0.1) is 0 Å². The van der Waals surface area contributed by atoms with Crippen LogP contribution >= 0.6 is 12.4 Å². The summed E-state index contributed by atoms with van der Waals surface area (Å²) in [6.45, 7) is 4.61. The topological polar surface area (TPSA) is 38.2 Å². The second-order valence-electron chi connectivity index (χ2n) is 10.1. The molecule has 0 fully saturated rings. The molecule has 0 unspecified atom stereocenters. The van der Waals surface area contributed by atoms with Crippen molar-refractivity contribution in [1.82, 2.24) is 11.1 Å². The number of hydrogen-bond acceptors (Lipinski definition) is 2. The normalized spacial score (nSPS) is 10.3. The molecule has 0 bridgehead atoms. The van der Waals surface area contributed by atoms with Gasteiger partial charge in [-0.3, -0.25) is 0 Å². The van der Waals surface area contributed by atoms with Crippen molar-refractivity contribution in [2.24, 2.45) is 0 Å². The van der Waals surface area contributed by atoms with Crippen LogP contribution in [0.3, 0.4) is 0 Å². The van der Waals surface area contributed by atoms with E-state index in [2.05, 4.69) is 13.8 Å². The Hall–Kier alpha value is 0.210. The molecule has 0 aliphatic rings. The predicted molar refractivity (Wildman–Crippen MR) is 154 cm³/mol. The number of hydrogen-bond donors (Lipinski definition) is 1. The minimum absolute atomic E-state index is 0. The van der Waals surface area contributed by atoms with Crippen LogP contribution in [-0.2, 0) is 0 Å². The second kappa shape index (κ2) is 38.5. The van der Waals surface area contributed by atoms with Crippen LogP contribution in [0.2, 0.25) is 0 Å². The summed E-state index contributed by atoms with van der Waals surface area (Å²) in [5.41, 5.74) is 0. The largest absolute Gasteiger partial charge is 0.344 e. The summed E-state index contributed by atoms with van der Waals surface area (Å²) < 4.78 is 0. The Balaban J connectivity index is -0.000000598. The van der Waals surface area contributed by atoms with E-state index < -0.39 is 0 Å². The van der Waals surface area contributed by atoms with E-state index in [1.54, 1.807) is 0 Å². The fourth-order valence-electron chi connectivity index (χ4n) is 4.04. The number of unbranched alkanes of at least 4 members (excludes halogenated alkanes) is 23. The van der Waals surface area contributed by atoms with Crippen molar-refractivity contribution in [3.63, 3.8) is 0 Å². The molecule has 0 aromatic heterocycles. The Kier molecular flexibility index (Phi) is 47.4. The molecular formula is C29H67ClN2. The van der Waals surface area contributed by atoms with Gasteiger partial charge in [-0.05, 0) is 21.1 Å². The average molecular weight is 479 g/mol. The average Bonchev–Trinajstić information content (AvgIpc) is 2.71. The smallest absolute Gasteiger partial charge is 0.0140 e. The number of halogens is 1. The molecule has 2 nitrogen and oxygen atoms in total. The van der Waals surface area contributed by atoms with E-state index in [1.807, 2.05) is 26.0 Å². The molecule has 0 atom stereocenters. The first-order valence-corrected chi connectivity index (χ1v) is 14.3. The van der Waals surface area contributed by atoms with Gasteiger partial charge in [-0.15, -0.1) is 12.4 Å². The molecule has 0 saturated carbocycles. The van der Waals surface area contributed by atoms with Crippen molar-refractivity contribution in [3.8, 4) is 0 Å². The summed E-state index contributed by atoms with van der Waals surface area (Å²) in [5, 5.41) is 0. The molecular weight excluding hydrogens is 412 g/mol. The fourth-order valence-corrected chi connectivity index (χ4v) is 4.04. The maximum absolute atomic E-state index is 2.30. The van der Waals surface area contributed by atoms with Crippen LogP contribution in [0.5, 0.6) is 0 Å². The van der Waals surface area contributed by atoms with Gasteiger partial charge in [0.15, 0.2) is 0 Å². The molecule has 0 aromatic carbocycles.